The zero-order valence-corrected chi connectivity index (χ0v) is 16.5. The molecule has 2 aromatic carbocycles. The van der Waals surface area contributed by atoms with Gasteiger partial charge in [0, 0.05) is 30.4 Å². The van der Waals surface area contributed by atoms with Crippen LogP contribution in [0.25, 0.3) is 0 Å². The maximum absolute atomic E-state index is 12.5. The fraction of sp³-hybridized carbons (Fsp3) is 0.300. The predicted molar refractivity (Wildman–Crippen MR) is 106 cm³/mol. The molecule has 0 fully saturated rings. The second-order valence-corrected chi connectivity index (χ2v) is 8.03. The van der Waals surface area contributed by atoms with Crippen LogP contribution in [0.2, 0.25) is 0 Å². The van der Waals surface area contributed by atoms with Crippen molar-refractivity contribution in [3.8, 4) is 0 Å². The summed E-state index contributed by atoms with van der Waals surface area (Å²) in [5.41, 5.74) is 1.31. The van der Waals surface area contributed by atoms with Crippen LogP contribution in [0, 0.1) is 0 Å². The van der Waals surface area contributed by atoms with Crippen LogP contribution in [0.3, 0.4) is 0 Å². The molecule has 0 aliphatic carbocycles. The first-order valence-electron chi connectivity index (χ1n) is 8.74. The van der Waals surface area contributed by atoms with E-state index in [2.05, 4.69) is 11.6 Å². The molecule has 7 heteroatoms. The fourth-order valence-electron chi connectivity index (χ4n) is 2.48. The van der Waals surface area contributed by atoms with E-state index >= 15 is 0 Å². The topological polar surface area (TPSA) is 83.6 Å². The Morgan fingerprint density at radius 2 is 1.52 bits per heavy atom. The number of hydrogen-bond donors (Lipinski definition) is 1. The number of ketones is 1. The standard InChI is InChI=1S/C20H24N2O4S/c1-4-5-14-22(3)20(24)17-8-12-19(13-9-17)27(25,26)21-18-10-6-16(7-11-18)15(2)23/h6-13,21H,4-5,14H2,1-3H3. The number of nitrogens with zero attached hydrogens (tertiary/aromatic N) is 1. The summed E-state index contributed by atoms with van der Waals surface area (Å²) in [6, 6.07) is 12.0. The van der Waals surface area contributed by atoms with E-state index in [9.17, 15) is 18.0 Å². The van der Waals surface area contributed by atoms with Crippen LogP contribution < -0.4 is 4.72 Å². The number of unbranched alkanes of at least 4 members (excludes halogenated alkanes) is 1. The molecule has 0 unspecified atom stereocenters. The van der Waals surface area contributed by atoms with E-state index in [0.29, 0.717) is 23.4 Å². The Bertz CT molecular complexity index is 904. The molecule has 6 nitrogen and oxygen atoms in total. The summed E-state index contributed by atoms with van der Waals surface area (Å²) in [5, 5.41) is 0. The molecule has 0 aliphatic rings. The molecule has 0 radical (unpaired) electrons. The lowest BCUT2D eigenvalue weighted by molar-refractivity contribution is 0.0793. The van der Waals surface area contributed by atoms with Crippen molar-refractivity contribution < 1.29 is 18.0 Å². The number of carbonyl (C=O) groups excluding carboxylic acids is 2. The van der Waals surface area contributed by atoms with Crippen LogP contribution in [0.4, 0.5) is 5.69 Å². The van der Waals surface area contributed by atoms with Crippen LogP contribution in [0.15, 0.2) is 53.4 Å². The van der Waals surface area contributed by atoms with Gasteiger partial charge in [-0.25, -0.2) is 8.42 Å². The van der Waals surface area contributed by atoms with Gasteiger partial charge in [0.25, 0.3) is 15.9 Å². The molecule has 144 valence electrons. The summed E-state index contributed by atoms with van der Waals surface area (Å²) in [7, 11) is -2.05. The van der Waals surface area contributed by atoms with E-state index in [1.807, 2.05) is 0 Å². The molecular weight excluding hydrogens is 364 g/mol. The maximum atomic E-state index is 12.5. The lowest BCUT2D eigenvalue weighted by Crippen LogP contribution is -2.27. The van der Waals surface area contributed by atoms with E-state index in [-0.39, 0.29) is 16.6 Å². The lowest BCUT2D eigenvalue weighted by Gasteiger charge is -2.17. The van der Waals surface area contributed by atoms with Gasteiger partial charge < -0.3 is 4.90 Å². The summed E-state index contributed by atoms with van der Waals surface area (Å²) in [6.07, 6.45) is 1.91. The number of benzene rings is 2. The normalized spacial score (nSPS) is 11.1. The molecule has 0 saturated heterocycles. The molecule has 0 aromatic heterocycles. The molecule has 0 heterocycles. The summed E-state index contributed by atoms with van der Waals surface area (Å²) in [4.78, 5) is 25.3. The molecular formula is C20H24N2O4S. The van der Waals surface area contributed by atoms with E-state index < -0.39 is 10.0 Å². The number of carbonyl (C=O) groups is 2. The monoisotopic (exact) mass is 388 g/mol. The Hall–Kier alpha value is -2.67. The van der Waals surface area contributed by atoms with Crippen LogP contribution in [-0.4, -0.2) is 38.6 Å². The van der Waals surface area contributed by atoms with Crippen molar-refractivity contribution in [2.45, 2.75) is 31.6 Å². The van der Waals surface area contributed by atoms with Crippen molar-refractivity contribution in [1.29, 1.82) is 0 Å². The average Bonchev–Trinajstić information content (AvgIpc) is 2.65. The molecule has 0 bridgehead atoms. The van der Waals surface area contributed by atoms with E-state index in [1.165, 1.54) is 43.3 Å². The first-order valence-corrected chi connectivity index (χ1v) is 10.2. The summed E-state index contributed by atoms with van der Waals surface area (Å²) >= 11 is 0. The lowest BCUT2D eigenvalue weighted by atomic mass is 10.1. The largest absolute Gasteiger partial charge is 0.342 e. The summed E-state index contributed by atoms with van der Waals surface area (Å²) in [6.45, 7) is 4.16. The maximum Gasteiger partial charge on any atom is 0.261 e. The average molecular weight is 388 g/mol. The van der Waals surface area contributed by atoms with Crippen LogP contribution in [0.5, 0.6) is 0 Å². The van der Waals surface area contributed by atoms with E-state index in [1.54, 1.807) is 24.1 Å². The van der Waals surface area contributed by atoms with Crippen molar-refractivity contribution in [1.82, 2.24) is 4.90 Å². The third-order valence-electron chi connectivity index (χ3n) is 4.15. The minimum atomic E-state index is -3.78. The highest BCUT2D eigenvalue weighted by Gasteiger charge is 2.17. The first kappa shape index (κ1) is 20.6. The molecule has 0 aliphatic heterocycles. The summed E-state index contributed by atoms with van der Waals surface area (Å²) in [5.74, 6) is -0.228. The van der Waals surface area contributed by atoms with Crippen LogP contribution >= 0.6 is 0 Å². The van der Waals surface area contributed by atoms with Gasteiger partial charge in [-0.2, -0.15) is 0 Å². The van der Waals surface area contributed by atoms with Gasteiger partial charge in [-0.15, -0.1) is 0 Å². The number of Topliss-reactive ketones (excluding diaryl/α,β-unsaturated/α-hetero) is 1. The van der Waals surface area contributed by atoms with Crippen molar-refractivity contribution in [3.05, 3.63) is 59.7 Å². The van der Waals surface area contributed by atoms with Crippen molar-refractivity contribution >= 4 is 27.4 Å². The van der Waals surface area contributed by atoms with Gasteiger partial charge >= 0.3 is 0 Å². The van der Waals surface area contributed by atoms with Crippen molar-refractivity contribution in [2.75, 3.05) is 18.3 Å². The number of nitrogens with one attached hydrogen (secondary N) is 1. The zero-order valence-electron chi connectivity index (χ0n) is 15.7. The Kier molecular flexibility index (Phi) is 6.74. The molecule has 2 rings (SSSR count). The molecule has 0 atom stereocenters. The van der Waals surface area contributed by atoms with E-state index in [4.69, 9.17) is 0 Å². The second-order valence-electron chi connectivity index (χ2n) is 6.34. The van der Waals surface area contributed by atoms with Gasteiger partial charge in [-0.3, -0.25) is 14.3 Å². The Labute approximate surface area is 160 Å². The number of amides is 1. The molecule has 0 spiro atoms. The quantitative estimate of drug-likeness (QED) is 0.701. The number of rotatable bonds is 8. The molecule has 2 aromatic rings. The highest BCUT2D eigenvalue weighted by molar-refractivity contribution is 7.92. The van der Waals surface area contributed by atoms with Gasteiger partial charge in [0.1, 0.15) is 0 Å². The minimum Gasteiger partial charge on any atom is -0.342 e. The highest BCUT2D eigenvalue weighted by Crippen LogP contribution is 2.18. The van der Waals surface area contributed by atoms with Crippen LogP contribution in [-0.2, 0) is 10.0 Å². The van der Waals surface area contributed by atoms with Gasteiger partial charge in [0.2, 0.25) is 0 Å². The SMILES string of the molecule is CCCCN(C)C(=O)c1ccc(S(=O)(=O)Nc2ccc(C(C)=O)cc2)cc1. The van der Waals surface area contributed by atoms with Gasteiger partial charge in [-0.05, 0) is 61.9 Å². The number of sulfonamides is 1. The second kappa shape index (κ2) is 8.81. The van der Waals surface area contributed by atoms with Gasteiger partial charge in [0.05, 0.1) is 4.90 Å². The fourth-order valence-corrected chi connectivity index (χ4v) is 3.54. The molecule has 1 N–H and O–H groups in total. The first-order chi connectivity index (χ1) is 12.7. The van der Waals surface area contributed by atoms with Gasteiger partial charge in [-0.1, -0.05) is 13.3 Å². The number of anilines is 1. The number of hydrogen-bond acceptors (Lipinski definition) is 4. The Morgan fingerprint density at radius 1 is 0.963 bits per heavy atom. The molecule has 27 heavy (non-hydrogen) atoms. The zero-order chi connectivity index (χ0) is 20.0. The van der Waals surface area contributed by atoms with Crippen LogP contribution in [0.1, 0.15) is 47.4 Å². The summed E-state index contributed by atoms with van der Waals surface area (Å²) < 4.78 is 27.5. The third-order valence-corrected chi connectivity index (χ3v) is 5.55. The molecule has 1 amide bonds. The third kappa shape index (κ3) is 5.40. The highest BCUT2D eigenvalue weighted by atomic mass is 32.2. The molecule has 0 saturated carbocycles. The van der Waals surface area contributed by atoms with E-state index in [0.717, 1.165) is 12.8 Å². The minimum absolute atomic E-state index is 0.0610. The van der Waals surface area contributed by atoms with Crippen molar-refractivity contribution in [2.24, 2.45) is 0 Å². The Morgan fingerprint density at radius 3 is 2.04 bits per heavy atom. The predicted octanol–water partition coefficient (Wildman–Crippen LogP) is 3.56. The Balaban J connectivity index is 2.12. The van der Waals surface area contributed by atoms with Crippen molar-refractivity contribution in [3.63, 3.8) is 0 Å². The van der Waals surface area contributed by atoms with Gasteiger partial charge in [0.15, 0.2) is 5.78 Å². The smallest absolute Gasteiger partial charge is 0.261 e.